The first-order chi connectivity index (χ1) is 18.9. The number of fused-ring (bicyclic) bond motifs is 2. The molecule has 0 spiro atoms. The van der Waals surface area contributed by atoms with Crippen molar-refractivity contribution in [3.05, 3.63) is 88.0 Å². The minimum atomic E-state index is -1.29. The van der Waals surface area contributed by atoms with E-state index in [0.717, 1.165) is 34.9 Å². The molecule has 0 atom stereocenters. The molecule has 39 heavy (non-hydrogen) atoms. The van der Waals surface area contributed by atoms with Gasteiger partial charge in [0.15, 0.2) is 0 Å². The molecular weight excluding hydrogens is 499 g/mol. The number of aromatic nitrogens is 1. The zero-order chi connectivity index (χ0) is 27.1. The van der Waals surface area contributed by atoms with Crippen LogP contribution in [-0.2, 0) is 4.84 Å². The van der Waals surface area contributed by atoms with Gasteiger partial charge in [-0.15, -0.1) is 0 Å². The first-order valence-electron chi connectivity index (χ1n) is 13.1. The van der Waals surface area contributed by atoms with Crippen molar-refractivity contribution in [1.82, 2.24) is 9.47 Å². The van der Waals surface area contributed by atoms with Gasteiger partial charge in [0.1, 0.15) is 24.2 Å². The van der Waals surface area contributed by atoms with Crippen LogP contribution >= 0.6 is 0 Å². The quantitative estimate of drug-likeness (QED) is 0.281. The summed E-state index contributed by atoms with van der Waals surface area (Å²) in [4.78, 5) is 33.8. The Labute approximate surface area is 224 Å². The van der Waals surface area contributed by atoms with Gasteiger partial charge in [-0.25, -0.2) is 9.18 Å². The Morgan fingerprint density at radius 2 is 1.79 bits per heavy atom. The van der Waals surface area contributed by atoms with E-state index in [1.807, 2.05) is 21.6 Å². The number of nitrogens with zero attached hydrogens (tertiary/aromatic N) is 4. The number of benzene rings is 3. The van der Waals surface area contributed by atoms with Crippen LogP contribution in [0.2, 0.25) is 0 Å². The topological polar surface area (TPSA) is 87.4 Å². The van der Waals surface area contributed by atoms with Crippen molar-refractivity contribution in [2.24, 2.45) is 5.16 Å². The van der Waals surface area contributed by atoms with Crippen LogP contribution in [0.3, 0.4) is 0 Å². The van der Waals surface area contributed by atoms with Crippen LogP contribution in [0.5, 0.6) is 0 Å². The summed E-state index contributed by atoms with van der Waals surface area (Å²) in [5.41, 5.74) is 1.86. The highest BCUT2D eigenvalue weighted by Gasteiger charge is 2.28. The van der Waals surface area contributed by atoms with Gasteiger partial charge >= 0.3 is 5.97 Å². The van der Waals surface area contributed by atoms with Gasteiger partial charge < -0.3 is 19.4 Å². The number of carboxylic acid groups (broad SMARTS) is 1. The lowest BCUT2D eigenvalue weighted by Crippen LogP contribution is -2.48. The number of hydrogen-bond donors (Lipinski definition) is 1. The van der Waals surface area contributed by atoms with E-state index < -0.39 is 17.2 Å². The maximum atomic E-state index is 15.3. The molecule has 1 aliphatic carbocycles. The number of aromatic carboxylic acids is 1. The molecule has 0 amide bonds. The van der Waals surface area contributed by atoms with Gasteiger partial charge in [0.2, 0.25) is 5.43 Å². The predicted octanol–water partition coefficient (Wildman–Crippen LogP) is 4.50. The fraction of sp³-hybridized carbons (Fsp3) is 0.300. The third-order valence-electron chi connectivity index (χ3n) is 7.64. The van der Waals surface area contributed by atoms with Crippen molar-refractivity contribution in [2.45, 2.75) is 18.9 Å². The second kappa shape index (κ2) is 10.1. The highest BCUT2D eigenvalue weighted by atomic mass is 19.1. The van der Waals surface area contributed by atoms with Gasteiger partial charge in [0, 0.05) is 55.9 Å². The Balaban J connectivity index is 1.22. The van der Waals surface area contributed by atoms with Gasteiger partial charge in [-0.05, 0) is 41.8 Å². The Morgan fingerprint density at radius 3 is 2.49 bits per heavy atom. The average molecular weight is 529 g/mol. The largest absolute Gasteiger partial charge is 0.477 e. The molecule has 0 unspecified atom stereocenters. The first kappa shape index (κ1) is 25.1. The standard InChI is InChI=1S/C30H29FN4O4/c1-39-32-26(21-7-6-19-4-2-3-5-20(19)14-21)18-33-10-12-34(13-11-33)28-16-27-23(15-25(28)31)29(36)24(30(37)38)17-35(27)22-8-9-22/h2-7,14-17,22H,8-13,18H2,1H3,(H,37,38). The minimum Gasteiger partial charge on any atom is -0.477 e. The average Bonchev–Trinajstić information content (AvgIpc) is 3.79. The van der Waals surface area contributed by atoms with Gasteiger partial charge in [0.05, 0.1) is 11.2 Å². The van der Waals surface area contributed by atoms with Gasteiger partial charge in [0.25, 0.3) is 0 Å². The van der Waals surface area contributed by atoms with E-state index in [0.29, 0.717) is 43.9 Å². The van der Waals surface area contributed by atoms with Crippen LogP contribution in [-0.4, -0.2) is 66.1 Å². The van der Waals surface area contributed by atoms with Gasteiger partial charge in [-0.2, -0.15) is 0 Å². The summed E-state index contributed by atoms with van der Waals surface area (Å²) in [6, 6.07) is 17.5. The molecule has 4 aromatic rings. The summed E-state index contributed by atoms with van der Waals surface area (Å²) < 4.78 is 17.2. The van der Waals surface area contributed by atoms with E-state index in [2.05, 4.69) is 40.4 Å². The SMILES string of the molecule is CON=C(CN1CCN(c2cc3c(cc2F)c(=O)c(C(=O)O)cn3C2CC2)CC1)c1ccc2ccccc2c1. The molecule has 9 heteroatoms. The summed E-state index contributed by atoms with van der Waals surface area (Å²) in [5.74, 6) is -1.81. The van der Waals surface area contributed by atoms with Crippen molar-refractivity contribution < 1.29 is 19.1 Å². The van der Waals surface area contributed by atoms with E-state index in [1.54, 1.807) is 13.2 Å². The monoisotopic (exact) mass is 528 g/mol. The highest BCUT2D eigenvalue weighted by molar-refractivity contribution is 6.04. The maximum Gasteiger partial charge on any atom is 0.341 e. The number of carbonyl (C=O) groups is 1. The van der Waals surface area contributed by atoms with Crippen LogP contribution in [0, 0.1) is 5.82 Å². The second-order valence-corrected chi connectivity index (χ2v) is 10.2. The van der Waals surface area contributed by atoms with E-state index in [-0.39, 0.29) is 17.0 Å². The molecule has 3 aromatic carbocycles. The number of hydrogen-bond acceptors (Lipinski definition) is 6. The van der Waals surface area contributed by atoms with Crippen molar-refractivity contribution in [1.29, 1.82) is 0 Å². The summed E-state index contributed by atoms with van der Waals surface area (Å²) >= 11 is 0. The molecule has 1 aliphatic heterocycles. The molecule has 200 valence electrons. The second-order valence-electron chi connectivity index (χ2n) is 10.2. The molecular formula is C30H29FN4O4. The molecule has 2 aliphatic rings. The summed E-state index contributed by atoms with van der Waals surface area (Å²) in [6.45, 7) is 3.18. The van der Waals surface area contributed by atoms with Crippen LogP contribution < -0.4 is 10.3 Å². The van der Waals surface area contributed by atoms with Crippen LogP contribution in [0.25, 0.3) is 21.7 Å². The molecule has 0 radical (unpaired) electrons. The molecule has 1 N–H and O–H groups in total. The van der Waals surface area contributed by atoms with E-state index in [9.17, 15) is 14.7 Å². The van der Waals surface area contributed by atoms with Crippen molar-refractivity contribution >= 4 is 39.0 Å². The number of piperazine rings is 1. The maximum absolute atomic E-state index is 15.3. The van der Waals surface area contributed by atoms with Gasteiger partial charge in [-0.3, -0.25) is 9.69 Å². The van der Waals surface area contributed by atoms with E-state index in [1.165, 1.54) is 12.3 Å². The van der Waals surface area contributed by atoms with Crippen molar-refractivity contribution in [3.8, 4) is 0 Å². The fourth-order valence-electron chi connectivity index (χ4n) is 5.42. The molecule has 6 rings (SSSR count). The fourth-order valence-corrected chi connectivity index (χ4v) is 5.42. The lowest BCUT2D eigenvalue weighted by atomic mass is 10.0. The molecule has 8 nitrogen and oxygen atoms in total. The molecule has 1 saturated heterocycles. The molecule has 2 fully saturated rings. The van der Waals surface area contributed by atoms with Crippen molar-refractivity contribution in [2.75, 3.05) is 44.7 Å². The summed E-state index contributed by atoms with van der Waals surface area (Å²) in [7, 11) is 1.54. The molecule has 0 bridgehead atoms. The predicted molar refractivity (Wildman–Crippen MR) is 150 cm³/mol. The lowest BCUT2D eigenvalue weighted by molar-refractivity contribution is 0.0695. The zero-order valence-corrected chi connectivity index (χ0v) is 21.6. The normalized spacial score (nSPS) is 16.7. The smallest absolute Gasteiger partial charge is 0.341 e. The number of anilines is 1. The lowest BCUT2D eigenvalue weighted by Gasteiger charge is -2.36. The molecule has 1 saturated carbocycles. The number of carboxylic acids is 1. The van der Waals surface area contributed by atoms with Gasteiger partial charge in [-0.1, -0.05) is 41.6 Å². The van der Waals surface area contributed by atoms with E-state index in [4.69, 9.17) is 4.84 Å². The Morgan fingerprint density at radius 1 is 1.05 bits per heavy atom. The third kappa shape index (κ3) is 4.85. The highest BCUT2D eigenvalue weighted by Crippen LogP contribution is 2.38. The Bertz CT molecular complexity index is 1670. The third-order valence-corrected chi connectivity index (χ3v) is 7.64. The summed E-state index contributed by atoms with van der Waals surface area (Å²) in [5, 5.41) is 16.2. The summed E-state index contributed by atoms with van der Waals surface area (Å²) in [6.07, 6.45) is 3.23. The molecule has 1 aromatic heterocycles. The van der Waals surface area contributed by atoms with Crippen molar-refractivity contribution in [3.63, 3.8) is 0 Å². The number of pyridine rings is 1. The molecule has 2 heterocycles. The van der Waals surface area contributed by atoms with Crippen LogP contribution in [0.4, 0.5) is 10.1 Å². The number of oxime groups is 1. The Kier molecular flexibility index (Phi) is 6.52. The number of rotatable bonds is 7. The minimum absolute atomic E-state index is 0.109. The van der Waals surface area contributed by atoms with Crippen LogP contribution in [0.15, 0.2) is 70.7 Å². The first-order valence-corrected chi connectivity index (χ1v) is 13.1. The number of halogens is 1. The Hall–Kier alpha value is -4.24. The van der Waals surface area contributed by atoms with E-state index >= 15 is 4.39 Å². The zero-order valence-electron chi connectivity index (χ0n) is 21.6. The van der Waals surface area contributed by atoms with Crippen LogP contribution in [0.1, 0.15) is 34.8 Å².